The predicted molar refractivity (Wildman–Crippen MR) is 78.6 cm³/mol. The van der Waals surface area contributed by atoms with Crippen molar-refractivity contribution in [2.75, 3.05) is 6.54 Å². The molecule has 3 N–H and O–H groups in total. The molecule has 0 fully saturated rings. The van der Waals surface area contributed by atoms with Crippen LogP contribution in [0, 0.1) is 13.8 Å². The number of carbonyl (C=O) groups is 2. The summed E-state index contributed by atoms with van der Waals surface area (Å²) in [6.07, 6.45) is 3.13. The third kappa shape index (κ3) is 3.03. The molecule has 2 aromatic heterocycles. The summed E-state index contributed by atoms with van der Waals surface area (Å²) in [7, 11) is 0. The molecule has 0 saturated carbocycles. The van der Waals surface area contributed by atoms with Crippen LogP contribution in [0.2, 0.25) is 0 Å². The highest BCUT2D eigenvalue weighted by Crippen LogP contribution is 2.31. The number of aliphatic carboxylic acids is 1. The van der Waals surface area contributed by atoms with Crippen molar-refractivity contribution in [3.8, 4) is 16.9 Å². The van der Waals surface area contributed by atoms with Gasteiger partial charge in [0.05, 0.1) is 0 Å². The van der Waals surface area contributed by atoms with E-state index < -0.39 is 18.4 Å². The van der Waals surface area contributed by atoms with E-state index in [1.54, 1.807) is 19.2 Å². The van der Waals surface area contributed by atoms with Crippen molar-refractivity contribution in [3.05, 3.63) is 41.5 Å². The van der Waals surface area contributed by atoms with Gasteiger partial charge in [-0.05, 0) is 19.9 Å². The molecule has 0 aliphatic rings. The van der Waals surface area contributed by atoms with Crippen LogP contribution < -0.4 is 5.32 Å². The second-order valence-corrected chi connectivity index (χ2v) is 4.71. The number of pyridine rings is 2. The molecule has 0 atom stereocenters. The number of aromatic nitrogens is 2. The van der Waals surface area contributed by atoms with Crippen LogP contribution in [0.15, 0.2) is 24.5 Å². The minimum atomic E-state index is -1.17. The van der Waals surface area contributed by atoms with Crippen molar-refractivity contribution < 1.29 is 19.8 Å². The van der Waals surface area contributed by atoms with E-state index in [1.165, 1.54) is 6.20 Å². The second kappa shape index (κ2) is 6.21. The molecule has 7 heteroatoms. The Labute approximate surface area is 126 Å². The van der Waals surface area contributed by atoms with Gasteiger partial charge in [0.15, 0.2) is 5.69 Å². The fraction of sp³-hybridized carbons (Fsp3) is 0.200. The monoisotopic (exact) mass is 301 g/mol. The van der Waals surface area contributed by atoms with E-state index in [9.17, 15) is 14.7 Å². The van der Waals surface area contributed by atoms with Gasteiger partial charge in [0, 0.05) is 34.8 Å². The van der Waals surface area contributed by atoms with Gasteiger partial charge in [-0.3, -0.25) is 14.6 Å². The molecule has 114 valence electrons. The Bertz CT molecular complexity index is 744. The summed E-state index contributed by atoms with van der Waals surface area (Å²) in [5.41, 5.74) is 2.52. The Morgan fingerprint density at radius 1 is 1.23 bits per heavy atom. The Morgan fingerprint density at radius 2 is 1.95 bits per heavy atom. The van der Waals surface area contributed by atoms with Crippen molar-refractivity contribution in [2.24, 2.45) is 0 Å². The summed E-state index contributed by atoms with van der Waals surface area (Å²) < 4.78 is 0. The van der Waals surface area contributed by atoms with Gasteiger partial charge in [0.1, 0.15) is 12.3 Å². The van der Waals surface area contributed by atoms with E-state index in [2.05, 4.69) is 15.3 Å². The summed E-state index contributed by atoms with van der Waals surface area (Å²) in [6, 6.07) is 3.61. The van der Waals surface area contributed by atoms with Gasteiger partial charge < -0.3 is 15.5 Å². The van der Waals surface area contributed by atoms with Gasteiger partial charge in [0.25, 0.3) is 5.91 Å². The maximum Gasteiger partial charge on any atom is 0.322 e. The smallest absolute Gasteiger partial charge is 0.322 e. The van der Waals surface area contributed by atoms with E-state index in [4.69, 9.17) is 5.11 Å². The van der Waals surface area contributed by atoms with Crippen LogP contribution in [0.3, 0.4) is 0 Å². The molecule has 0 aliphatic heterocycles. The molecule has 2 heterocycles. The molecule has 0 bridgehead atoms. The summed E-state index contributed by atoms with van der Waals surface area (Å²) >= 11 is 0. The lowest BCUT2D eigenvalue weighted by molar-refractivity contribution is -0.135. The van der Waals surface area contributed by atoms with Crippen molar-refractivity contribution >= 4 is 11.9 Å². The van der Waals surface area contributed by atoms with Gasteiger partial charge in [0.2, 0.25) is 0 Å². The summed E-state index contributed by atoms with van der Waals surface area (Å²) in [5, 5.41) is 20.9. The van der Waals surface area contributed by atoms with Gasteiger partial charge in [-0.2, -0.15) is 0 Å². The highest BCUT2D eigenvalue weighted by molar-refractivity contribution is 5.97. The van der Waals surface area contributed by atoms with Crippen molar-refractivity contribution in [2.45, 2.75) is 13.8 Å². The Balaban J connectivity index is 2.39. The van der Waals surface area contributed by atoms with E-state index in [0.717, 1.165) is 11.3 Å². The number of amides is 1. The van der Waals surface area contributed by atoms with Crippen LogP contribution in [0.5, 0.6) is 5.75 Å². The minimum Gasteiger partial charge on any atom is -0.505 e. The normalized spacial score (nSPS) is 10.3. The van der Waals surface area contributed by atoms with E-state index >= 15 is 0 Å². The topological polar surface area (TPSA) is 112 Å². The number of nitrogens with one attached hydrogen (secondary N) is 1. The van der Waals surface area contributed by atoms with Gasteiger partial charge in [-0.25, -0.2) is 4.98 Å². The molecular formula is C15H15N3O4. The first-order chi connectivity index (χ1) is 10.4. The zero-order valence-corrected chi connectivity index (χ0v) is 12.1. The number of nitrogens with zero attached hydrogens (tertiary/aromatic N) is 2. The molecule has 22 heavy (non-hydrogen) atoms. The number of carboxylic acid groups (broad SMARTS) is 1. The summed E-state index contributed by atoms with van der Waals surface area (Å²) in [4.78, 5) is 30.4. The molecule has 0 aromatic carbocycles. The van der Waals surface area contributed by atoms with Crippen molar-refractivity contribution in [1.29, 1.82) is 0 Å². The maximum atomic E-state index is 11.8. The predicted octanol–water partition coefficient (Wildman–Crippen LogP) is 1.28. The van der Waals surface area contributed by atoms with Crippen LogP contribution >= 0.6 is 0 Å². The number of carbonyl (C=O) groups excluding carboxylic acids is 1. The Morgan fingerprint density at radius 3 is 2.59 bits per heavy atom. The Hall–Kier alpha value is -2.96. The second-order valence-electron chi connectivity index (χ2n) is 4.71. The van der Waals surface area contributed by atoms with E-state index in [1.807, 2.05) is 13.0 Å². The first-order valence-corrected chi connectivity index (χ1v) is 6.52. The largest absolute Gasteiger partial charge is 0.505 e. The number of carboxylic acids is 1. The molecule has 0 saturated heterocycles. The van der Waals surface area contributed by atoms with E-state index in [-0.39, 0.29) is 11.4 Å². The van der Waals surface area contributed by atoms with E-state index in [0.29, 0.717) is 11.1 Å². The number of aryl methyl sites for hydroxylation is 1. The van der Waals surface area contributed by atoms with Crippen molar-refractivity contribution in [1.82, 2.24) is 15.3 Å². The van der Waals surface area contributed by atoms with Crippen molar-refractivity contribution in [3.63, 3.8) is 0 Å². The summed E-state index contributed by atoms with van der Waals surface area (Å²) in [6.45, 7) is 2.95. The third-order valence-electron chi connectivity index (χ3n) is 3.22. The van der Waals surface area contributed by atoms with Crippen LogP contribution in [0.1, 0.15) is 21.7 Å². The molecule has 0 radical (unpaired) electrons. The molecule has 2 rings (SSSR count). The first-order valence-electron chi connectivity index (χ1n) is 6.52. The standard InChI is InChI=1S/C15H15N3O4/c1-8-11(10-4-3-5-16-9(10)2)6-17-13(14(8)21)15(22)18-7-12(19)20/h3-6,21H,7H2,1-2H3,(H,18,22)(H,19,20). The lowest BCUT2D eigenvalue weighted by atomic mass is 10.00. The quantitative estimate of drug-likeness (QED) is 0.784. The molecule has 0 aliphatic carbocycles. The summed E-state index contributed by atoms with van der Waals surface area (Å²) in [5.74, 6) is -2.19. The van der Waals surface area contributed by atoms with Gasteiger partial charge in [-0.15, -0.1) is 0 Å². The zero-order valence-electron chi connectivity index (χ0n) is 12.1. The zero-order chi connectivity index (χ0) is 16.3. The average Bonchev–Trinajstić information content (AvgIpc) is 2.48. The molecule has 1 amide bonds. The maximum absolute atomic E-state index is 11.8. The number of hydrogen-bond donors (Lipinski definition) is 3. The lowest BCUT2D eigenvalue weighted by Gasteiger charge is -2.12. The third-order valence-corrected chi connectivity index (χ3v) is 3.22. The number of aromatic hydroxyl groups is 1. The van der Waals surface area contributed by atoms with Gasteiger partial charge in [-0.1, -0.05) is 6.07 Å². The molecule has 0 spiro atoms. The van der Waals surface area contributed by atoms with Crippen LogP contribution in [-0.4, -0.2) is 38.6 Å². The molecule has 2 aromatic rings. The Kier molecular flexibility index (Phi) is 4.36. The highest BCUT2D eigenvalue weighted by Gasteiger charge is 2.19. The molecular weight excluding hydrogens is 286 g/mol. The number of rotatable bonds is 4. The first kappa shape index (κ1) is 15.4. The average molecular weight is 301 g/mol. The number of hydrogen-bond acceptors (Lipinski definition) is 5. The van der Waals surface area contributed by atoms with Gasteiger partial charge >= 0.3 is 5.97 Å². The fourth-order valence-corrected chi connectivity index (χ4v) is 2.04. The minimum absolute atomic E-state index is 0.205. The highest BCUT2D eigenvalue weighted by atomic mass is 16.4. The fourth-order valence-electron chi connectivity index (χ4n) is 2.04. The molecule has 7 nitrogen and oxygen atoms in total. The molecule has 0 unspecified atom stereocenters. The SMILES string of the molecule is Cc1ncccc1-c1cnc(C(=O)NCC(=O)O)c(O)c1C. The van der Waals surface area contributed by atoms with Crippen LogP contribution in [0.25, 0.3) is 11.1 Å². The lowest BCUT2D eigenvalue weighted by Crippen LogP contribution is -2.30. The van der Waals surface area contributed by atoms with Crippen LogP contribution in [-0.2, 0) is 4.79 Å². The van der Waals surface area contributed by atoms with Crippen LogP contribution in [0.4, 0.5) is 0 Å².